The van der Waals surface area contributed by atoms with Crippen molar-refractivity contribution < 1.29 is 14.3 Å². The monoisotopic (exact) mass is 337 g/mol. The zero-order chi connectivity index (χ0) is 17.4. The molecule has 0 aromatic heterocycles. The zero-order valence-corrected chi connectivity index (χ0v) is 15.6. The van der Waals surface area contributed by atoms with E-state index in [1.165, 1.54) is 58.5 Å². The fourth-order valence-electron chi connectivity index (χ4n) is 4.50. The topological polar surface area (TPSA) is 46.6 Å². The van der Waals surface area contributed by atoms with Crippen LogP contribution in [0.25, 0.3) is 0 Å². The molecule has 2 saturated carbocycles. The lowest BCUT2D eigenvalue weighted by molar-refractivity contribution is -0.143. The molecule has 0 spiro atoms. The number of ether oxygens (including phenoxy) is 1. The number of nitrogens with zero attached hydrogens (tertiary/aromatic N) is 1. The van der Waals surface area contributed by atoms with Crippen LogP contribution in [-0.2, 0) is 14.3 Å². The highest BCUT2D eigenvalue weighted by molar-refractivity contribution is 5.77. The van der Waals surface area contributed by atoms with Crippen LogP contribution in [0.3, 0.4) is 0 Å². The first-order valence-corrected chi connectivity index (χ1v) is 9.98. The normalized spacial score (nSPS) is 25.2. The lowest BCUT2D eigenvalue weighted by Gasteiger charge is -2.39. The molecular weight excluding hydrogens is 302 g/mol. The number of amides is 1. The van der Waals surface area contributed by atoms with Gasteiger partial charge < -0.3 is 9.64 Å². The molecule has 0 aliphatic heterocycles. The molecule has 4 heteroatoms. The summed E-state index contributed by atoms with van der Waals surface area (Å²) in [4.78, 5) is 26.5. The summed E-state index contributed by atoms with van der Waals surface area (Å²) in [7, 11) is 1.42. The molecule has 0 aromatic carbocycles. The van der Waals surface area contributed by atoms with Crippen LogP contribution in [-0.4, -0.2) is 36.5 Å². The molecule has 138 valence electrons. The predicted molar refractivity (Wildman–Crippen MR) is 95.6 cm³/mol. The van der Waals surface area contributed by atoms with Crippen LogP contribution in [0.2, 0.25) is 0 Å². The summed E-state index contributed by atoms with van der Waals surface area (Å²) in [5.41, 5.74) is 0. The SMILES string of the molecule is COC(=O)CCN(C(=O)CCC1CCCCC1)C1CCCCC1C. The Bertz CT molecular complexity index is 404. The standard InChI is InChI=1S/C20H35NO3/c1-16-8-6-7-11-18(16)21(15-14-20(23)24-2)19(22)13-12-17-9-4-3-5-10-17/h16-18H,3-15H2,1-2H3. The van der Waals surface area contributed by atoms with Crippen molar-refractivity contribution in [3.63, 3.8) is 0 Å². The first-order valence-electron chi connectivity index (χ1n) is 9.98. The molecule has 2 rings (SSSR count). The van der Waals surface area contributed by atoms with Crippen molar-refractivity contribution in [1.82, 2.24) is 4.90 Å². The van der Waals surface area contributed by atoms with Crippen LogP contribution in [0.4, 0.5) is 0 Å². The number of methoxy groups -OCH3 is 1. The summed E-state index contributed by atoms with van der Waals surface area (Å²) in [6, 6.07) is 0.308. The molecule has 0 heterocycles. The summed E-state index contributed by atoms with van der Waals surface area (Å²) in [6.45, 7) is 2.77. The van der Waals surface area contributed by atoms with Gasteiger partial charge >= 0.3 is 5.97 Å². The lowest BCUT2D eigenvalue weighted by atomic mass is 9.83. The maximum atomic E-state index is 12.9. The number of carbonyl (C=O) groups excluding carboxylic acids is 2. The molecule has 0 radical (unpaired) electrons. The molecule has 2 fully saturated rings. The van der Waals surface area contributed by atoms with Gasteiger partial charge in [0, 0.05) is 19.0 Å². The minimum atomic E-state index is -0.219. The van der Waals surface area contributed by atoms with E-state index in [0.717, 1.165) is 18.8 Å². The van der Waals surface area contributed by atoms with Crippen molar-refractivity contribution in [2.45, 2.75) is 90.0 Å². The van der Waals surface area contributed by atoms with E-state index in [-0.39, 0.29) is 11.9 Å². The minimum Gasteiger partial charge on any atom is -0.469 e. The molecular formula is C20H35NO3. The van der Waals surface area contributed by atoms with Crippen LogP contribution >= 0.6 is 0 Å². The fraction of sp³-hybridized carbons (Fsp3) is 0.900. The Hall–Kier alpha value is -1.06. The second kappa shape index (κ2) is 10.0. The Morgan fingerprint density at radius 2 is 1.62 bits per heavy atom. The van der Waals surface area contributed by atoms with Crippen molar-refractivity contribution in [3.05, 3.63) is 0 Å². The van der Waals surface area contributed by atoms with Gasteiger partial charge in [-0.2, -0.15) is 0 Å². The van der Waals surface area contributed by atoms with E-state index in [1.807, 2.05) is 4.90 Å². The highest BCUT2D eigenvalue weighted by atomic mass is 16.5. The fourth-order valence-corrected chi connectivity index (χ4v) is 4.50. The first-order chi connectivity index (χ1) is 11.6. The number of hydrogen-bond donors (Lipinski definition) is 0. The lowest BCUT2D eigenvalue weighted by Crippen LogP contribution is -2.46. The minimum absolute atomic E-state index is 0.219. The Morgan fingerprint density at radius 3 is 2.29 bits per heavy atom. The third kappa shape index (κ3) is 5.78. The molecule has 2 unspecified atom stereocenters. The van der Waals surface area contributed by atoms with E-state index < -0.39 is 0 Å². The molecule has 2 aliphatic rings. The van der Waals surface area contributed by atoms with Gasteiger partial charge in [-0.3, -0.25) is 9.59 Å². The van der Waals surface area contributed by atoms with E-state index in [9.17, 15) is 9.59 Å². The van der Waals surface area contributed by atoms with Crippen molar-refractivity contribution in [3.8, 4) is 0 Å². The molecule has 2 atom stereocenters. The van der Waals surface area contributed by atoms with Gasteiger partial charge in [-0.1, -0.05) is 51.9 Å². The maximum absolute atomic E-state index is 12.9. The number of esters is 1. The van der Waals surface area contributed by atoms with E-state index in [4.69, 9.17) is 4.74 Å². The van der Waals surface area contributed by atoms with Gasteiger partial charge in [-0.25, -0.2) is 0 Å². The largest absolute Gasteiger partial charge is 0.469 e. The smallest absolute Gasteiger partial charge is 0.307 e. The van der Waals surface area contributed by atoms with Crippen LogP contribution in [0.15, 0.2) is 0 Å². The van der Waals surface area contributed by atoms with E-state index in [2.05, 4.69) is 6.92 Å². The van der Waals surface area contributed by atoms with E-state index >= 15 is 0 Å². The second-order valence-electron chi connectivity index (χ2n) is 7.79. The van der Waals surface area contributed by atoms with Crippen molar-refractivity contribution in [1.29, 1.82) is 0 Å². The number of rotatable bonds is 7. The molecule has 0 N–H and O–H groups in total. The van der Waals surface area contributed by atoms with Crippen LogP contribution in [0, 0.1) is 11.8 Å². The molecule has 4 nitrogen and oxygen atoms in total. The highest BCUT2D eigenvalue weighted by Crippen LogP contribution is 2.31. The maximum Gasteiger partial charge on any atom is 0.307 e. The van der Waals surface area contributed by atoms with Crippen molar-refractivity contribution in [2.75, 3.05) is 13.7 Å². The van der Waals surface area contributed by atoms with Gasteiger partial charge in [-0.05, 0) is 31.1 Å². The first kappa shape index (κ1) is 19.3. The van der Waals surface area contributed by atoms with E-state index in [0.29, 0.717) is 31.3 Å². The molecule has 0 aromatic rings. The summed E-state index contributed by atoms with van der Waals surface area (Å²) in [5, 5.41) is 0. The summed E-state index contributed by atoms with van der Waals surface area (Å²) in [5.74, 6) is 1.30. The van der Waals surface area contributed by atoms with Crippen molar-refractivity contribution in [2.24, 2.45) is 11.8 Å². The van der Waals surface area contributed by atoms with Gasteiger partial charge in [0.15, 0.2) is 0 Å². The van der Waals surface area contributed by atoms with Gasteiger partial charge in [-0.15, -0.1) is 0 Å². The van der Waals surface area contributed by atoms with Gasteiger partial charge in [0.25, 0.3) is 0 Å². The van der Waals surface area contributed by atoms with E-state index in [1.54, 1.807) is 0 Å². The average molecular weight is 338 g/mol. The van der Waals surface area contributed by atoms with Gasteiger partial charge in [0.05, 0.1) is 13.5 Å². The predicted octanol–water partition coefficient (Wildman–Crippen LogP) is 4.32. The van der Waals surface area contributed by atoms with Crippen LogP contribution < -0.4 is 0 Å². The summed E-state index contributed by atoms with van der Waals surface area (Å²) in [6.07, 6.45) is 13.3. The average Bonchev–Trinajstić information content (AvgIpc) is 2.62. The summed E-state index contributed by atoms with van der Waals surface area (Å²) >= 11 is 0. The third-order valence-corrected chi connectivity index (χ3v) is 6.06. The van der Waals surface area contributed by atoms with Gasteiger partial charge in [0.1, 0.15) is 0 Å². The Morgan fingerprint density at radius 1 is 0.958 bits per heavy atom. The molecule has 1 amide bonds. The second-order valence-corrected chi connectivity index (χ2v) is 7.79. The number of hydrogen-bond acceptors (Lipinski definition) is 3. The van der Waals surface area contributed by atoms with Crippen LogP contribution in [0.1, 0.15) is 84.0 Å². The Labute approximate surface area is 147 Å². The molecule has 24 heavy (non-hydrogen) atoms. The van der Waals surface area contributed by atoms with Crippen LogP contribution in [0.5, 0.6) is 0 Å². The number of carbonyl (C=O) groups is 2. The Balaban J connectivity index is 1.91. The molecule has 0 saturated heterocycles. The summed E-state index contributed by atoms with van der Waals surface area (Å²) < 4.78 is 4.77. The van der Waals surface area contributed by atoms with Gasteiger partial charge in [0.2, 0.25) is 5.91 Å². The highest BCUT2D eigenvalue weighted by Gasteiger charge is 2.30. The Kier molecular flexibility index (Phi) is 8.07. The van der Waals surface area contributed by atoms with Crippen molar-refractivity contribution >= 4 is 11.9 Å². The zero-order valence-electron chi connectivity index (χ0n) is 15.6. The molecule has 0 bridgehead atoms. The third-order valence-electron chi connectivity index (χ3n) is 6.06. The quantitative estimate of drug-likeness (QED) is 0.650. The molecule has 2 aliphatic carbocycles.